The number of benzene rings is 1. The highest BCUT2D eigenvalue weighted by atomic mass is 16.1. The van der Waals surface area contributed by atoms with Crippen LogP contribution in [0.15, 0.2) is 18.2 Å². The largest absolute Gasteiger partial charge is 0.303 e. The van der Waals surface area contributed by atoms with E-state index in [0.29, 0.717) is 12.0 Å². The molecule has 0 saturated carbocycles. The Kier molecular flexibility index (Phi) is 2.60. The number of nitrogens with zero attached hydrogens (tertiary/aromatic N) is 1. The number of rotatable bonds is 2. The lowest BCUT2D eigenvalue weighted by molar-refractivity contribution is -0.107. The van der Waals surface area contributed by atoms with Crippen LogP contribution in [-0.4, -0.2) is 6.29 Å². The van der Waals surface area contributed by atoms with Crippen molar-refractivity contribution in [2.45, 2.75) is 13.3 Å². The van der Waals surface area contributed by atoms with Gasteiger partial charge in [-0.3, -0.25) is 0 Å². The van der Waals surface area contributed by atoms with Crippen molar-refractivity contribution < 1.29 is 4.79 Å². The standard InChI is InChI=1S/C10H9NO/c1-8-2-3-9(4-5-12)6-10(8)7-11/h2-3,5-6H,4H2,1H3. The van der Waals surface area contributed by atoms with Crippen molar-refractivity contribution in [1.82, 2.24) is 0 Å². The molecule has 0 spiro atoms. The summed E-state index contributed by atoms with van der Waals surface area (Å²) in [6.45, 7) is 1.88. The average Bonchev–Trinajstić information content (AvgIpc) is 2.09. The second-order valence-electron chi connectivity index (χ2n) is 2.63. The number of nitriles is 1. The van der Waals surface area contributed by atoms with E-state index in [9.17, 15) is 4.79 Å². The maximum absolute atomic E-state index is 10.2. The van der Waals surface area contributed by atoms with Gasteiger partial charge in [0.1, 0.15) is 6.29 Å². The van der Waals surface area contributed by atoms with E-state index < -0.39 is 0 Å². The minimum atomic E-state index is 0.384. The van der Waals surface area contributed by atoms with Crippen molar-refractivity contribution in [3.05, 3.63) is 34.9 Å². The molecule has 0 N–H and O–H groups in total. The maximum Gasteiger partial charge on any atom is 0.124 e. The Morgan fingerprint density at radius 3 is 2.92 bits per heavy atom. The summed E-state index contributed by atoms with van der Waals surface area (Å²) in [5.74, 6) is 0. The van der Waals surface area contributed by atoms with Gasteiger partial charge in [-0.1, -0.05) is 12.1 Å². The Labute approximate surface area is 71.4 Å². The Balaban J connectivity index is 3.07. The van der Waals surface area contributed by atoms with Gasteiger partial charge in [0.15, 0.2) is 0 Å². The molecule has 12 heavy (non-hydrogen) atoms. The number of aldehydes is 1. The molecule has 0 aliphatic carbocycles. The molecule has 0 unspecified atom stereocenters. The Morgan fingerprint density at radius 2 is 2.33 bits per heavy atom. The monoisotopic (exact) mass is 159 g/mol. The lowest BCUT2D eigenvalue weighted by Crippen LogP contribution is -1.89. The van der Waals surface area contributed by atoms with Gasteiger partial charge in [0, 0.05) is 6.42 Å². The molecule has 0 aromatic heterocycles. The van der Waals surface area contributed by atoms with Crippen LogP contribution in [0.3, 0.4) is 0 Å². The van der Waals surface area contributed by atoms with Crippen LogP contribution in [-0.2, 0) is 11.2 Å². The van der Waals surface area contributed by atoms with Crippen molar-refractivity contribution in [2.75, 3.05) is 0 Å². The lowest BCUT2D eigenvalue weighted by Gasteiger charge is -1.98. The Morgan fingerprint density at radius 1 is 1.58 bits per heavy atom. The number of aryl methyl sites for hydroxylation is 1. The van der Waals surface area contributed by atoms with Crippen molar-refractivity contribution >= 4 is 6.29 Å². The van der Waals surface area contributed by atoms with Crippen molar-refractivity contribution in [3.63, 3.8) is 0 Å². The lowest BCUT2D eigenvalue weighted by atomic mass is 10.0. The minimum Gasteiger partial charge on any atom is -0.303 e. The smallest absolute Gasteiger partial charge is 0.124 e. The molecule has 0 aliphatic heterocycles. The van der Waals surface area contributed by atoms with E-state index in [1.807, 2.05) is 19.1 Å². The van der Waals surface area contributed by atoms with Gasteiger partial charge in [-0.05, 0) is 24.1 Å². The second kappa shape index (κ2) is 3.68. The molecule has 1 rings (SSSR count). The highest BCUT2D eigenvalue weighted by Crippen LogP contribution is 2.09. The van der Waals surface area contributed by atoms with E-state index in [1.54, 1.807) is 6.07 Å². The van der Waals surface area contributed by atoms with E-state index in [4.69, 9.17) is 5.26 Å². The topological polar surface area (TPSA) is 40.9 Å². The molecule has 2 nitrogen and oxygen atoms in total. The third-order valence-corrected chi connectivity index (χ3v) is 1.74. The van der Waals surface area contributed by atoms with Crippen molar-refractivity contribution in [3.8, 4) is 6.07 Å². The zero-order valence-electron chi connectivity index (χ0n) is 6.87. The van der Waals surface area contributed by atoms with Crippen LogP contribution < -0.4 is 0 Å². The first-order valence-corrected chi connectivity index (χ1v) is 3.71. The fraction of sp³-hybridized carbons (Fsp3) is 0.200. The van der Waals surface area contributed by atoms with Crippen LogP contribution in [0.25, 0.3) is 0 Å². The number of carbonyl (C=O) groups is 1. The van der Waals surface area contributed by atoms with Crippen LogP contribution in [0.2, 0.25) is 0 Å². The normalized spacial score (nSPS) is 9.00. The van der Waals surface area contributed by atoms with Gasteiger partial charge in [0.25, 0.3) is 0 Å². The van der Waals surface area contributed by atoms with Crippen molar-refractivity contribution in [1.29, 1.82) is 5.26 Å². The molecular weight excluding hydrogens is 150 g/mol. The maximum atomic E-state index is 10.2. The van der Waals surface area contributed by atoms with E-state index in [0.717, 1.165) is 17.4 Å². The van der Waals surface area contributed by atoms with Crippen LogP contribution in [0, 0.1) is 18.3 Å². The van der Waals surface area contributed by atoms with Crippen LogP contribution in [0.1, 0.15) is 16.7 Å². The first-order chi connectivity index (χ1) is 5.77. The van der Waals surface area contributed by atoms with E-state index in [2.05, 4.69) is 6.07 Å². The first-order valence-electron chi connectivity index (χ1n) is 3.71. The molecular formula is C10H9NO. The van der Waals surface area contributed by atoms with Crippen LogP contribution in [0.5, 0.6) is 0 Å². The molecule has 1 aromatic rings. The fourth-order valence-electron chi connectivity index (χ4n) is 1.01. The second-order valence-corrected chi connectivity index (χ2v) is 2.63. The SMILES string of the molecule is Cc1ccc(CC=O)cc1C#N. The molecule has 0 aliphatic rings. The predicted octanol–water partition coefficient (Wildman–Crippen LogP) is 1.61. The van der Waals surface area contributed by atoms with Crippen molar-refractivity contribution in [2.24, 2.45) is 0 Å². The summed E-state index contributed by atoms with van der Waals surface area (Å²) in [5, 5.41) is 8.67. The molecule has 0 amide bonds. The molecule has 2 heteroatoms. The zero-order chi connectivity index (χ0) is 8.97. The predicted molar refractivity (Wildman–Crippen MR) is 45.7 cm³/mol. The van der Waals surface area contributed by atoms with E-state index in [-0.39, 0.29) is 0 Å². The quantitative estimate of drug-likeness (QED) is 0.615. The summed E-state index contributed by atoms with van der Waals surface area (Å²) < 4.78 is 0. The average molecular weight is 159 g/mol. The molecule has 1 aromatic carbocycles. The van der Waals surface area contributed by atoms with Gasteiger partial charge >= 0.3 is 0 Å². The summed E-state index contributed by atoms with van der Waals surface area (Å²) in [5.41, 5.74) is 2.49. The van der Waals surface area contributed by atoms with Gasteiger partial charge in [-0.15, -0.1) is 0 Å². The summed E-state index contributed by atoms with van der Waals surface area (Å²) in [6.07, 6.45) is 1.22. The number of hydrogen-bond donors (Lipinski definition) is 0. The Bertz CT molecular complexity index is 336. The van der Waals surface area contributed by atoms with E-state index >= 15 is 0 Å². The molecule has 0 bridgehead atoms. The minimum absolute atomic E-state index is 0.384. The van der Waals surface area contributed by atoms with Crippen LogP contribution in [0.4, 0.5) is 0 Å². The van der Waals surface area contributed by atoms with Gasteiger partial charge in [-0.25, -0.2) is 0 Å². The third-order valence-electron chi connectivity index (χ3n) is 1.74. The molecule has 0 heterocycles. The number of hydrogen-bond acceptors (Lipinski definition) is 2. The highest BCUT2D eigenvalue weighted by molar-refractivity contribution is 5.56. The highest BCUT2D eigenvalue weighted by Gasteiger charge is 1.98. The summed E-state index contributed by atoms with van der Waals surface area (Å²) in [4.78, 5) is 10.2. The summed E-state index contributed by atoms with van der Waals surface area (Å²) in [7, 11) is 0. The summed E-state index contributed by atoms with van der Waals surface area (Å²) >= 11 is 0. The summed E-state index contributed by atoms with van der Waals surface area (Å²) in [6, 6.07) is 7.56. The Hall–Kier alpha value is -1.62. The van der Waals surface area contributed by atoms with Gasteiger partial charge in [0.05, 0.1) is 11.6 Å². The molecule has 0 fully saturated rings. The van der Waals surface area contributed by atoms with Gasteiger partial charge in [0.2, 0.25) is 0 Å². The van der Waals surface area contributed by atoms with Gasteiger partial charge in [-0.2, -0.15) is 5.26 Å². The van der Waals surface area contributed by atoms with E-state index in [1.165, 1.54) is 0 Å². The first kappa shape index (κ1) is 8.48. The number of carbonyl (C=O) groups excluding carboxylic acids is 1. The van der Waals surface area contributed by atoms with Crippen LogP contribution >= 0.6 is 0 Å². The third kappa shape index (κ3) is 1.70. The zero-order valence-corrected chi connectivity index (χ0v) is 6.87. The molecule has 60 valence electrons. The van der Waals surface area contributed by atoms with Gasteiger partial charge < -0.3 is 4.79 Å². The molecule has 0 radical (unpaired) electrons. The molecule has 0 atom stereocenters. The fourth-order valence-corrected chi connectivity index (χ4v) is 1.01. The molecule has 0 saturated heterocycles.